The Labute approximate surface area is 109 Å². The van der Waals surface area contributed by atoms with Gasteiger partial charge in [-0.15, -0.1) is 0 Å². The molecule has 0 bridgehead atoms. The standard InChI is InChI=1S/C12H14FN3O3/c13-9-3-8(4-11(5-9)16(18)19)6-14-7-12(17)15-10-1-2-10/h3-5,10,14H,1-2,6-7H2,(H,15,17). The van der Waals surface area contributed by atoms with Crippen molar-refractivity contribution in [2.24, 2.45) is 0 Å². The predicted molar refractivity (Wildman–Crippen MR) is 65.9 cm³/mol. The van der Waals surface area contributed by atoms with E-state index in [1.807, 2.05) is 0 Å². The summed E-state index contributed by atoms with van der Waals surface area (Å²) < 4.78 is 13.1. The summed E-state index contributed by atoms with van der Waals surface area (Å²) in [6.45, 7) is 0.317. The Balaban J connectivity index is 1.84. The molecule has 1 aromatic carbocycles. The van der Waals surface area contributed by atoms with Crippen LogP contribution in [-0.4, -0.2) is 23.4 Å². The highest BCUT2D eigenvalue weighted by molar-refractivity contribution is 5.78. The molecule has 1 aromatic rings. The van der Waals surface area contributed by atoms with Crippen molar-refractivity contribution in [2.45, 2.75) is 25.4 Å². The number of halogens is 1. The van der Waals surface area contributed by atoms with Crippen molar-refractivity contribution in [3.63, 3.8) is 0 Å². The van der Waals surface area contributed by atoms with Gasteiger partial charge in [0.25, 0.3) is 5.69 Å². The number of hydrogen-bond acceptors (Lipinski definition) is 4. The number of non-ortho nitro benzene ring substituents is 1. The highest BCUT2D eigenvalue weighted by Crippen LogP contribution is 2.18. The summed E-state index contributed by atoms with van der Waals surface area (Å²) in [5, 5.41) is 16.2. The topological polar surface area (TPSA) is 84.3 Å². The van der Waals surface area contributed by atoms with Crippen LogP contribution in [0.2, 0.25) is 0 Å². The van der Waals surface area contributed by atoms with E-state index >= 15 is 0 Å². The first-order valence-corrected chi connectivity index (χ1v) is 5.98. The fraction of sp³-hybridized carbons (Fsp3) is 0.417. The molecule has 1 aliphatic carbocycles. The Morgan fingerprint density at radius 3 is 2.79 bits per heavy atom. The van der Waals surface area contributed by atoms with Crippen molar-refractivity contribution in [2.75, 3.05) is 6.54 Å². The van der Waals surface area contributed by atoms with E-state index < -0.39 is 10.7 Å². The normalized spacial score (nSPS) is 14.2. The molecule has 6 nitrogen and oxygen atoms in total. The van der Waals surface area contributed by atoms with Crippen molar-refractivity contribution in [3.05, 3.63) is 39.7 Å². The first kappa shape index (κ1) is 13.4. The van der Waals surface area contributed by atoms with Gasteiger partial charge in [-0.1, -0.05) is 0 Å². The number of nitro groups is 1. The van der Waals surface area contributed by atoms with Crippen LogP contribution < -0.4 is 10.6 Å². The summed E-state index contributed by atoms with van der Waals surface area (Å²) in [5.74, 6) is -0.776. The van der Waals surface area contributed by atoms with Crippen molar-refractivity contribution in [1.82, 2.24) is 10.6 Å². The monoisotopic (exact) mass is 267 g/mol. The molecular weight excluding hydrogens is 253 g/mol. The molecule has 2 N–H and O–H groups in total. The Morgan fingerprint density at radius 2 is 2.16 bits per heavy atom. The van der Waals surface area contributed by atoms with Crippen LogP contribution in [0.3, 0.4) is 0 Å². The van der Waals surface area contributed by atoms with Gasteiger partial charge in [0.15, 0.2) is 0 Å². The maximum absolute atomic E-state index is 13.1. The lowest BCUT2D eigenvalue weighted by Gasteiger charge is -2.06. The predicted octanol–water partition coefficient (Wildman–Crippen LogP) is 1.10. The van der Waals surface area contributed by atoms with Crippen molar-refractivity contribution < 1.29 is 14.1 Å². The minimum Gasteiger partial charge on any atom is -0.352 e. The fourth-order valence-corrected chi connectivity index (χ4v) is 1.67. The molecule has 0 atom stereocenters. The molecule has 1 amide bonds. The molecular formula is C12H14FN3O3. The first-order chi connectivity index (χ1) is 9.04. The zero-order valence-corrected chi connectivity index (χ0v) is 10.2. The van der Waals surface area contributed by atoms with Gasteiger partial charge in [-0.05, 0) is 24.5 Å². The summed E-state index contributed by atoms with van der Waals surface area (Å²) >= 11 is 0. The third-order valence-electron chi connectivity index (χ3n) is 2.71. The van der Waals surface area contributed by atoms with Gasteiger partial charge >= 0.3 is 0 Å². The maximum atomic E-state index is 13.1. The van der Waals surface area contributed by atoms with Crippen LogP contribution in [0.25, 0.3) is 0 Å². The van der Waals surface area contributed by atoms with E-state index in [1.165, 1.54) is 12.1 Å². The zero-order valence-electron chi connectivity index (χ0n) is 10.2. The SMILES string of the molecule is O=C(CNCc1cc(F)cc([N+](=O)[O-])c1)NC1CC1. The van der Waals surface area contributed by atoms with E-state index in [2.05, 4.69) is 10.6 Å². The summed E-state index contributed by atoms with van der Waals surface area (Å²) in [6.07, 6.45) is 2.03. The quantitative estimate of drug-likeness (QED) is 0.597. The number of rotatable bonds is 6. The molecule has 0 aliphatic heterocycles. The highest BCUT2D eigenvalue weighted by atomic mass is 19.1. The number of amides is 1. The Kier molecular flexibility index (Phi) is 4.06. The number of benzene rings is 1. The largest absolute Gasteiger partial charge is 0.352 e. The van der Waals surface area contributed by atoms with E-state index in [0.29, 0.717) is 11.6 Å². The Hall–Kier alpha value is -2.02. The Bertz CT molecular complexity index is 503. The molecule has 19 heavy (non-hydrogen) atoms. The van der Waals surface area contributed by atoms with E-state index in [1.54, 1.807) is 0 Å². The lowest BCUT2D eigenvalue weighted by atomic mass is 10.2. The number of nitrogens with one attached hydrogen (secondary N) is 2. The van der Waals surface area contributed by atoms with Crippen molar-refractivity contribution >= 4 is 11.6 Å². The number of nitro benzene ring substituents is 1. The van der Waals surface area contributed by atoms with Gasteiger partial charge in [0.2, 0.25) is 5.91 Å². The zero-order chi connectivity index (χ0) is 13.8. The lowest BCUT2D eigenvalue weighted by Crippen LogP contribution is -2.34. The number of carbonyl (C=O) groups is 1. The van der Waals surface area contributed by atoms with Gasteiger partial charge in [-0.3, -0.25) is 14.9 Å². The van der Waals surface area contributed by atoms with Crippen LogP contribution in [0, 0.1) is 15.9 Å². The van der Waals surface area contributed by atoms with Crippen LogP contribution in [0.4, 0.5) is 10.1 Å². The second-order valence-corrected chi connectivity index (χ2v) is 4.52. The number of hydrogen-bond donors (Lipinski definition) is 2. The molecule has 0 heterocycles. The van der Waals surface area contributed by atoms with E-state index in [0.717, 1.165) is 18.9 Å². The van der Waals surface area contributed by atoms with Crippen molar-refractivity contribution in [1.29, 1.82) is 0 Å². The third-order valence-corrected chi connectivity index (χ3v) is 2.71. The number of nitrogens with zero attached hydrogens (tertiary/aromatic N) is 1. The van der Waals surface area contributed by atoms with Gasteiger partial charge in [0, 0.05) is 18.7 Å². The van der Waals surface area contributed by atoms with Gasteiger partial charge in [-0.25, -0.2) is 4.39 Å². The minimum absolute atomic E-state index is 0.112. The van der Waals surface area contributed by atoms with Crippen LogP contribution in [0.1, 0.15) is 18.4 Å². The molecule has 1 aliphatic rings. The molecule has 102 valence electrons. The average Bonchev–Trinajstić information content (AvgIpc) is 3.12. The molecule has 2 rings (SSSR count). The molecule has 0 saturated heterocycles. The fourth-order valence-electron chi connectivity index (χ4n) is 1.67. The highest BCUT2D eigenvalue weighted by Gasteiger charge is 2.22. The second-order valence-electron chi connectivity index (χ2n) is 4.52. The molecule has 1 saturated carbocycles. The van der Waals surface area contributed by atoms with E-state index in [4.69, 9.17) is 0 Å². The summed E-state index contributed by atoms with van der Waals surface area (Å²) in [4.78, 5) is 21.3. The van der Waals surface area contributed by atoms with Crippen LogP contribution in [0.15, 0.2) is 18.2 Å². The molecule has 0 radical (unpaired) electrons. The van der Waals surface area contributed by atoms with Gasteiger partial charge < -0.3 is 10.6 Å². The van der Waals surface area contributed by atoms with Crippen LogP contribution in [0.5, 0.6) is 0 Å². The second kappa shape index (κ2) is 5.75. The summed E-state index contributed by atoms with van der Waals surface area (Å²) in [5.41, 5.74) is 0.144. The smallest absolute Gasteiger partial charge is 0.272 e. The molecule has 0 spiro atoms. The summed E-state index contributed by atoms with van der Waals surface area (Å²) in [7, 11) is 0. The number of carbonyl (C=O) groups excluding carboxylic acids is 1. The summed E-state index contributed by atoms with van der Waals surface area (Å²) in [6, 6.07) is 3.65. The van der Waals surface area contributed by atoms with Gasteiger partial charge in [0.1, 0.15) is 5.82 Å². The van der Waals surface area contributed by atoms with Crippen molar-refractivity contribution in [3.8, 4) is 0 Å². The minimum atomic E-state index is -0.659. The van der Waals surface area contributed by atoms with Crippen LogP contribution in [-0.2, 0) is 11.3 Å². The molecule has 0 aromatic heterocycles. The van der Waals surface area contributed by atoms with Crippen LogP contribution >= 0.6 is 0 Å². The van der Waals surface area contributed by atoms with E-state index in [-0.39, 0.29) is 24.7 Å². The lowest BCUT2D eigenvalue weighted by molar-refractivity contribution is -0.385. The third kappa shape index (κ3) is 4.29. The molecule has 7 heteroatoms. The molecule has 0 unspecified atom stereocenters. The maximum Gasteiger partial charge on any atom is 0.272 e. The average molecular weight is 267 g/mol. The molecule has 1 fully saturated rings. The van der Waals surface area contributed by atoms with E-state index in [9.17, 15) is 19.3 Å². The Morgan fingerprint density at radius 1 is 1.42 bits per heavy atom. The van der Waals surface area contributed by atoms with Gasteiger partial charge in [0.05, 0.1) is 17.5 Å². The first-order valence-electron chi connectivity index (χ1n) is 5.98. The van der Waals surface area contributed by atoms with Gasteiger partial charge in [-0.2, -0.15) is 0 Å².